The molecule has 0 atom stereocenters. The van der Waals surface area contributed by atoms with Gasteiger partial charge < -0.3 is 15.3 Å². The third-order valence-electron chi connectivity index (χ3n) is 6.07. The molecule has 0 saturated carbocycles. The van der Waals surface area contributed by atoms with Crippen molar-refractivity contribution in [3.8, 4) is 50.9 Å². The highest BCUT2D eigenvalue weighted by Crippen LogP contribution is 2.51. The van der Waals surface area contributed by atoms with Crippen LogP contribution in [-0.4, -0.2) is 20.3 Å². The Kier molecular flexibility index (Phi) is 3.13. The van der Waals surface area contributed by atoms with Gasteiger partial charge in [0.05, 0.1) is 11.4 Å². The minimum Gasteiger partial charge on any atom is -0.508 e. The summed E-state index contributed by atoms with van der Waals surface area (Å²) in [6, 6.07) is 18.3. The van der Waals surface area contributed by atoms with E-state index >= 15 is 0 Å². The lowest BCUT2D eigenvalue weighted by molar-refractivity contribution is 0.470. The summed E-state index contributed by atoms with van der Waals surface area (Å²) in [6.07, 6.45) is 1.21. The molecule has 3 aromatic carbocycles. The van der Waals surface area contributed by atoms with Crippen molar-refractivity contribution in [1.29, 1.82) is 0 Å². The summed E-state index contributed by atoms with van der Waals surface area (Å²) in [4.78, 5) is 5.03. The van der Waals surface area contributed by atoms with E-state index in [-0.39, 0.29) is 17.2 Å². The van der Waals surface area contributed by atoms with E-state index < -0.39 is 0 Å². The van der Waals surface area contributed by atoms with Gasteiger partial charge >= 0.3 is 0 Å². The van der Waals surface area contributed by atoms with E-state index in [0.29, 0.717) is 12.8 Å². The Hall–Kier alpha value is -3.79. The summed E-state index contributed by atoms with van der Waals surface area (Å²) in [5.41, 5.74) is 9.71. The summed E-state index contributed by atoms with van der Waals surface area (Å²) in [5.74, 6) is 0.795. The van der Waals surface area contributed by atoms with Crippen molar-refractivity contribution in [2.24, 2.45) is 0 Å². The molecule has 4 aromatic rings. The van der Waals surface area contributed by atoms with E-state index in [2.05, 4.69) is 0 Å². The minimum atomic E-state index is 0.220. The normalized spacial score (nSPS) is 13.0. The molecule has 6 rings (SSSR count). The van der Waals surface area contributed by atoms with Crippen molar-refractivity contribution in [1.82, 2.24) is 4.98 Å². The van der Waals surface area contributed by atoms with E-state index in [1.165, 1.54) is 0 Å². The Morgan fingerprint density at radius 2 is 1.10 bits per heavy atom. The van der Waals surface area contributed by atoms with Gasteiger partial charge in [-0.2, -0.15) is 0 Å². The fourth-order valence-corrected chi connectivity index (χ4v) is 4.75. The first kappa shape index (κ1) is 16.2. The maximum absolute atomic E-state index is 10.4. The molecule has 0 radical (unpaired) electrons. The third-order valence-corrected chi connectivity index (χ3v) is 6.07. The Morgan fingerprint density at radius 1 is 0.586 bits per heavy atom. The number of phenolic OH excluding ortho intramolecular Hbond substituents is 3. The van der Waals surface area contributed by atoms with E-state index in [4.69, 9.17) is 4.98 Å². The molecule has 0 aliphatic heterocycles. The van der Waals surface area contributed by atoms with Gasteiger partial charge in [-0.15, -0.1) is 0 Å². The maximum Gasteiger partial charge on any atom is 0.119 e. The van der Waals surface area contributed by atoms with Crippen LogP contribution in [0.5, 0.6) is 17.2 Å². The van der Waals surface area contributed by atoms with Crippen LogP contribution in [0.25, 0.3) is 33.6 Å². The van der Waals surface area contributed by atoms with Crippen LogP contribution in [-0.2, 0) is 12.8 Å². The minimum absolute atomic E-state index is 0.220. The highest BCUT2D eigenvalue weighted by atomic mass is 16.3. The number of rotatable bonds is 1. The average Bonchev–Trinajstić information content (AvgIpc) is 3.28. The van der Waals surface area contributed by atoms with Crippen LogP contribution in [0.2, 0.25) is 0 Å². The predicted molar refractivity (Wildman–Crippen MR) is 111 cm³/mol. The van der Waals surface area contributed by atoms with Gasteiger partial charge in [0.15, 0.2) is 0 Å². The second kappa shape index (κ2) is 5.61. The van der Waals surface area contributed by atoms with Crippen molar-refractivity contribution in [2.75, 3.05) is 0 Å². The molecule has 0 bridgehead atoms. The second-order valence-electron chi connectivity index (χ2n) is 7.65. The van der Waals surface area contributed by atoms with Gasteiger partial charge in [-0.05, 0) is 46.5 Å². The van der Waals surface area contributed by atoms with Crippen LogP contribution in [0.4, 0.5) is 0 Å². The number of pyridine rings is 1. The van der Waals surface area contributed by atoms with Crippen LogP contribution >= 0.6 is 0 Å². The summed E-state index contributed by atoms with van der Waals surface area (Å²) >= 11 is 0. The first-order chi connectivity index (χ1) is 14.1. The number of fused-ring (bicyclic) bond motifs is 6. The molecule has 2 aliphatic carbocycles. The molecule has 4 nitrogen and oxygen atoms in total. The molecule has 3 N–H and O–H groups in total. The molecule has 0 fully saturated rings. The summed E-state index contributed by atoms with van der Waals surface area (Å²) < 4.78 is 0. The zero-order valence-electron chi connectivity index (χ0n) is 15.5. The Morgan fingerprint density at radius 3 is 1.62 bits per heavy atom. The molecular formula is C25H17NO3. The number of hydrogen-bond donors (Lipinski definition) is 3. The van der Waals surface area contributed by atoms with Gasteiger partial charge in [0.25, 0.3) is 0 Å². The van der Waals surface area contributed by atoms with Gasteiger partial charge in [0, 0.05) is 35.1 Å². The largest absolute Gasteiger partial charge is 0.508 e. The molecule has 0 saturated heterocycles. The summed E-state index contributed by atoms with van der Waals surface area (Å²) in [5, 5.41) is 30.6. The van der Waals surface area contributed by atoms with Crippen LogP contribution in [0.3, 0.4) is 0 Å². The number of aromatic hydroxyl groups is 3. The number of benzene rings is 3. The van der Waals surface area contributed by atoms with Crippen LogP contribution in [0, 0.1) is 0 Å². The van der Waals surface area contributed by atoms with Gasteiger partial charge in [0.2, 0.25) is 0 Å². The molecule has 0 spiro atoms. The van der Waals surface area contributed by atoms with Crippen molar-refractivity contribution >= 4 is 0 Å². The molecule has 0 amide bonds. The van der Waals surface area contributed by atoms with E-state index in [1.54, 1.807) is 24.3 Å². The standard InChI is InChI=1S/C25H17NO3/c27-14-9-7-13(8-10-14)23-19-11-17-15(3-1-5-21(17)28)24(19)26-25-16-4-2-6-22(29)18(16)12-20(23)25/h1-10,27-29H,11-12H2. The van der Waals surface area contributed by atoms with E-state index in [9.17, 15) is 15.3 Å². The molecule has 140 valence electrons. The lowest BCUT2D eigenvalue weighted by atomic mass is 9.92. The zero-order chi connectivity index (χ0) is 19.7. The van der Waals surface area contributed by atoms with Gasteiger partial charge in [-0.3, -0.25) is 0 Å². The first-order valence-corrected chi connectivity index (χ1v) is 9.59. The van der Waals surface area contributed by atoms with Gasteiger partial charge in [-0.25, -0.2) is 4.98 Å². The monoisotopic (exact) mass is 379 g/mol. The lowest BCUT2D eigenvalue weighted by Crippen LogP contribution is -1.98. The van der Waals surface area contributed by atoms with Crippen molar-refractivity contribution < 1.29 is 15.3 Å². The second-order valence-corrected chi connectivity index (χ2v) is 7.65. The van der Waals surface area contributed by atoms with Crippen LogP contribution in [0.1, 0.15) is 22.3 Å². The molecule has 2 aliphatic rings. The number of hydrogen-bond acceptors (Lipinski definition) is 4. The maximum atomic E-state index is 10.4. The third kappa shape index (κ3) is 2.17. The molecule has 4 heteroatoms. The summed E-state index contributed by atoms with van der Waals surface area (Å²) in [7, 11) is 0. The number of aromatic nitrogens is 1. The van der Waals surface area contributed by atoms with Crippen LogP contribution in [0.15, 0.2) is 60.7 Å². The fourth-order valence-electron chi connectivity index (χ4n) is 4.75. The topological polar surface area (TPSA) is 73.6 Å². The first-order valence-electron chi connectivity index (χ1n) is 9.59. The lowest BCUT2D eigenvalue weighted by Gasteiger charge is -2.15. The number of nitrogens with zero attached hydrogens (tertiary/aromatic N) is 1. The highest BCUT2D eigenvalue weighted by molar-refractivity contribution is 5.92. The van der Waals surface area contributed by atoms with Crippen molar-refractivity contribution in [2.45, 2.75) is 12.8 Å². The smallest absolute Gasteiger partial charge is 0.119 e. The quantitative estimate of drug-likeness (QED) is 0.376. The molecular weight excluding hydrogens is 362 g/mol. The Labute approximate surface area is 167 Å². The van der Waals surface area contributed by atoms with E-state index in [1.807, 2.05) is 36.4 Å². The molecule has 1 aromatic heterocycles. The highest BCUT2D eigenvalue weighted by Gasteiger charge is 2.33. The molecule has 0 unspecified atom stereocenters. The zero-order valence-corrected chi connectivity index (χ0v) is 15.5. The molecule has 29 heavy (non-hydrogen) atoms. The predicted octanol–water partition coefficient (Wildman–Crippen LogP) is 5.01. The summed E-state index contributed by atoms with van der Waals surface area (Å²) in [6.45, 7) is 0. The molecule has 1 heterocycles. The van der Waals surface area contributed by atoms with Gasteiger partial charge in [0.1, 0.15) is 17.2 Å². The Bertz CT molecular complexity index is 1250. The van der Waals surface area contributed by atoms with Crippen LogP contribution < -0.4 is 0 Å². The Balaban J connectivity index is 1.70. The SMILES string of the molecule is Oc1ccc(-c2c3c(nc4c2Cc2c(O)cccc2-4)-c2cccc(O)c2C3)cc1. The van der Waals surface area contributed by atoms with Gasteiger partial charge in [-0.1, -0.05) is 36.4 Å². The van der Waals surface area contributed by atoms with Crippen molar-refractivity contribution in [3.05, 3.63) is 82.9 Å². The fraction of sp³-hybridized carbons (Fsp3) is 0.0800. The number of phenols is 3. The van der Waals surface area contributed by atoms with Crippen molar-refractivity contribution in [3.63, 3.8) is 0 Å². The average molecular weight is 379 g/mol. The van der Waals surface area contributed by atoms with E-state index in [0.717, 1.165) is 55.9 Å².